The number of aliphatic hydroxyl groups excluding tert-OH is 1. The van der Waals surface area contributed by atoms with Crippen molar-refractivity contribution in [2.75, 3.05) is 6.61 Å². The minimum Gasteiger partial charge on any atom is -0.396 e. The quantitative estimate of drug-likeness (QED) is 0.520. The maximum Gasteiger partial charge on any atom is 0.0499 e. The summed E-state index contributed by atoms with van der Waals surface area (Å²) >= 11 is 0. The molecule has 13 heavy (non-hydrogen) atoms. The first-order valence-electron chi connectivity index (χ1n) is 4.50. The second-order valence-electron chi connectivity index (χ2n) is 3.39. The minimum absolute atomic E-state index is 0.180. The number of rotatable bonds is 3. The van der Waals surface area contributed by atoms with Gasteiger partial charge in [-0.3, -0.25) is 0 Å². The van der Waals surface area contributed by atoms with Crippen molar-refractivity contribution in [2.45, 2.75) is 27.7 Å². The van der Waals surface area contributed by atoms with E-state index in [2.05, 4.69) is 11.5 Å². The van der Waals surface area contributed by atoms with Crippen molar-refractivity contribution in [2.24, 2.45) is 5.92 Å². The van der Waals surface area contributed by atoms with Gasteiger partial charge < -0.3 is 5.11 Å². The van der Waals surface area contributed by atoms with Gasteiger partial charge in [0.15, 0.2) is 0 Å². The van der Waals surface area contributed by atoms with Crippen molar-refractivity contribution < 1.29 is 5.11 Å². The molecule has 0 heterocycles. The van der Waals surface area contributed by atoms with Crippen LogP contribution in [0.1, 0.15) is 27.7 Å². The lowest BCUT2D eigenvalue weighted by Crippen LogP contribution is -2.00. The number of aliphatic hydroxyl groups is 1. The maximum atomic E-state index is 8.85. The van der Waals surface area contributed by atoms with Gasteiger partial charge in [-0.25, -0.2) is 0 Å². The third-order valence-corrected chi connectivity index (χ3v) is 1.78. The van der Waals surface area contributed by atoms with Crippen molar-refractivity contribution in [3.8, 4) is 0 Å². The molecule has 0 spiro atoms. The summed E-state index contributed by atoms with van der Waals surface area (Å²) in [5.74, 6) is 0.191. The molecule has 0 aliphatic rings. The zero-order valence-electron chi connectivity index (χ0n) is 8.89. The first-order valence-corrected chi connectivity index (χ1v) is 4.50. The Morgan fingerprint density at radius 1 is 1.23 bits per heavy atom. The molecule has 72 valence electrons. The van der Waals surface area contributed by atoms with Gasteiger partial charge in [-0.15, -0.1) is 11.5 Å². The van der Waals surface area contributed by atoms with E-state index in [9.17, 15) is 0 Å². The van der Waals surface area contributed by atoms with Crippen LogP contribution in [0.2, 0.25) is 0 Å². The van der Waals surface area contributed by atoms with Gasteiger partial charge in [0.1, 0.15) is 0 Å². The molecule has 1 heteroatoms. The van der Waals surface area contributed by atoms with Crippen LogP contribution in [0.4, 0.5) is 0 Å². The molecule has 0 aromatic carbocycles. The Morgan fingerprint density at radius 2 is 1.77 bits per heavy atom. The lowest BCUT2D eigenvalue weighted by atomic mass is 10.1. The third-order valence-electron chi connectivity index (χ3n) is 1.78. The summed E-state index contributed by atoms with van der Waals surface area (Å²) < 4.78 is 0. The Hall–Kier alpha value is -1.00. The van der Waals surface area contributed by atoms with E-state index in [1.165, 1.54) is 0 Å². The van der Waals surface area contributed by atoms with Crippen molar-refractivity contribution in [3.05, 3.63) is 34.8 Å². The highest BCUT2D eigenvalue weighted by Crippen LogP contribution is 2.05. The zero-order valence-corrected chi connectivity index (χ0v) is 8.89. The standard InChI is InChI=1S/C12H18O/c1-10(2)7-5-6-8-11(3)12(4)9-13/h5-6,12-13H,9H2,1-4H3. The average Bonchev–Trinajstić information content (AvgIpc) is 2.10. The van der Waals surface area contributed by atoms with Gasteiger partial charge >= 0.3 is 0 Å². The molecule has 0 rings (SSSR count). The van der Waals surface area contributed by atoms with Gasteiger partial charge in [0, 0.05) is 12.5 Å². The Balaban J connectivity index is 4.47. The fourth-order valence-corrected chi connectivity index (χ4v) is 0.661. The first kappa shape index (κ1) is 12.0. The third kappa shape index (κ3) is 6.19. The van der Waals surface area contributed by atoms with E-state index < -0.39 is 0 Å². The Bertz CT molecular complexity index is 267. The van der Waals surface area contributed by atoms with Crippen molar-refractivity contribution in [1.82, 2.24) is 0 Å². The van der Waals surface area contributed by atoms with Crippen LogP contribution in [0, 0.1) is 5.92 Å². The van der Waals surface area contributed by atoms with Crippen LogP contribution < -0.4 is 0 Å². The van der Waals surface area contributed by atoms with Gasteiger partial charge in [-0.05, 0) is 44.1 Å². The Labute approximate surface area is 80.8 Å². The van der Waals surface area contributed by atoms with E-state index >= 15 is 0 Å². The topological polar surface area (TPSA) is 20.2 Å². The molecule has 1 atom stereocenters. The molecule has 0 aromatic rings. The number of hydrogen-bond acceptors (Lipinski definition) is 1. The SMILES string of the molecule is CC(C)=C=CC=C=C(C)C(C)CO. The van der Waals surface area contributed by atoms with E-state index in [1.807, 2.05) is 39.8 Å². The van der Waals surface area contributed by atoms with Crippen molar-refractivity contribution >= 4 is 0 Å². The molecule has 1 nitrogen and oxygen atoms in total. The van der Waals surface area contributed by atoms with Gasteiger partial charge in [0.05, 0.1) is 0 Å². The fourth-order valence-electron chi connectivity index (χ4n) is 0.661. The molecule has 0 radical (unpaired) electrons. The van der Waals surface area contributed by atoms with Gasteiger partial charge in [0.2, 0.25) is 0 Å². The molecule has 1 unspecified atom stereocenters. The summed E-state index contributed by atoms with van der Waals surface area (Å²) in [5, 5.41) is 8.85. The monoisotopic (exact) mass is 178 g/mol. The van der Waals surface area contributed by atoms with Gasteiger partial charge in [0.25, 0.3) is 0 Å². The predicted octanol–water partition coefficient (Wildman–Crippen LogP) is 2.84. The second kappa shape index (κ2) is 6.51. The average molecular weight is 178 g/mol. The number of allylic oxidation sites excluding steroid dienone is 1. The molecule has 0 aliphatic heterocycles. The Morgan fingerprint density at radius 3 is 2.23 bits per heavy atom. The number of hydrogen-bond donors (Lipinski definition) is 1. The summed E-state index contributed by atoms with van der Waals surface area (Å²) in [6, 6.07) is 0. The molecular weight excluding hydrogens is 160 g/mol. The lowest BCUT2D eigenvalue weighted by Gasteiger charge is -2.03. The lowest BCUT2D eigenvalue weighted by molar-refractivity contribution is 0.256. The largest absolute Gasteiger partial charge is 0.396 e. The van der Waals surface area contributed by atoms with E-state index in [0.29, 0.717) is 0 Å². The molecule has 0 aromatic heterocycles. The van der Waals surface area contributed by atoms with Crippen LogP contribution in [0.3, 0.4) is 0 Å². The van der Waals surface area contributed by atoms with Crippen molar-refractivity contribution in [3.63, 3.8) is 0 Å². The van der Waals surface area contributed by atoms with Crippen LogP contribution in [-0.4, -0.2) is 11.7 Å². The second-order valence-corrected chi connectivity index (χ2v) is 3.39. The molecular formula is C12H18O. The van der Waals surface area contributed by atoms with Crippen LogP contribution in [0.25, 0.3) is 0 Å². The van der Waals surface area contributed by atoms with Crippen LogP contribution in [0.5, 0.6) is 0 Å². The highest BCUT2D eigenvalue weighted by atomic mass is 16.3. The summed E-state index contributed by atoms with van der Waals surface area (Å²) in [6.45, 7) is 8.11. The molecule has 1 N–H and O–H groups in total. The summed E-state index contributed by atoms with van der Waals surface area (Å²) in [6.07, 6.45) is 3.66. The van der Waals surface area contributed by atoms with E-state index in [-0.39, 0.29) is 12.5 Å². The summed E-state index contributed by atoms with van der Waals surface area (Å²) in [5.41, 5.74) is 8.35. The van der Waals surface area contributed by atoms with Crippen LogP contribution in [0.15, 0.2) is 34.8 Å². The van der Waals surface area contributed by atoms with E-state index in [4.69, 9.17) is 5.11 Å². The molecule has 0 saturated carbocycles. The van der Waals surface area contributed by atoms with Gasteiger partial charge in [-0.1, -0.05) is 6.92 Å². The first-order chi connectivity index (χ1) is 6.07. The Kier molecular flexibility index (Phi) is 6.01. The molecule has 0 amide bonds. The van der Waals surface area contributed by atoms with Crippen LogP contribution >= 0.6 is 0 Å². The smallest absolute Gasteiger partial charge is 0.0499 e. The van der Waals surface area contributed by atoms with Gasteiger partial charge in [-0.2, -0.15) is 0 Å². The fraction of sp³-hybridized carbons (Fsp3) is 0.500. The molecule has 0 saturated heterocycles. The zero-order chi connectivity index (χ0) is 10.3. The van der Waals surface area contributed by atoms with Crippen molar-refractivity contribution in [1.29, 1.82) is 0 Å². The minimum atomic E-state index is 0.180. The van der Waals surface area contributed by atoms with E-state index in [0.717, 1.165) is 11.1 Å². The predicted molar refractivity (Wildman–Crippen MR) is 56.5 cm³/mol. The summed E-state index contributed by atoms with van der Waals surface area (Å²) in [4.78, 5) is 0. The highest BCUT2D eigenvalue weighted by Gasteiger charge is 1.98. The molecule has 0 fully saturated rings. The normalized spacial score (nSPS) is 10.8. The highest BCUT2D eigenvalue weighted by molar-refractivity contribution is 5.10. The molecule has 0 aliphatic carbocycles. The van der Waals surface area contributed by atoms with Crippen LogP contribution in [-0.2, 0) is 0 Å². The maximum absolute atomic E-state index is 8.85. The molecule has 0 bridgehead atoms. The summed E-state index contributed by atoms with van der Waals surface area (Å²) in [7, 11) is 0. The van der Waals surface area contributed by atoms with E-state index in [1.54, 1.807) is 0 Å².